The van der Waals surface area contributed by atoms with Gasteiger partial charge in [-0.3, -0.25) is 14.3 Å². The van der Waals surface area contributed by atoms with Gasteiger partial charge in [0, 0.05) is 18.6 Å². The SMILES string of the molecule is Cc1ccccc1-n1ccnc1SCC(=O)NCc1ccccn1. The van der Waals surface area contributed by atoms with Gasteiger partial charge in [0.15, 0.2) is 5.16 Å². The maximum absolute atomic E-state index is 12.0. The molecule has 1 amide bonds. The fraction of sp³-hybridized carbons (Fsp3) is 0.167. The third kappa shape index (κ3) is 4.02. The van der Waals surface area contributed by atoms with E-state index in [9.17, 15) is 4.79 Å². The van der Waals surface area contributed by atoms with E-state index in [2.05, 4.69) is 28.3 Å². The molecule has 2 heterocycles. The van der Waals surface area contributed by atoms with E-state index in [1.54, 1.807) is 12.4 Å². The number of carbonyl (C=O) groups excluding carboxylic acids is 1. The van der Waals surface area contributed by atoms with Gasteiger partial charge < -0.3 is 5.32 Å². The van der Waals surface area contributed by atoms with Gasteiger partial charge in [-0.2, -0.15) is 0 Å². The molecule has 0 aliphatic carbocycles. The van der Waals surface area contributed by atoms with Crippen molar-refractivity contribution in [2.75, 3.05) is 5.75 Å². The second-order valence-electron chi connectivity index (χ2n) is 5.25. The van der Waals surface area contributed by atoms with E-state index < -0.39 is 0 Å². The van der Waals surface area contributed by atoms with Crippen molar-refractivity contribution in [1.29, 1.82) is 0 Å². The van der Waals surface area contributed by atoms with E-state index in [0.717, 1.165) is 22.1 Å². The number of aromatic nitrogens is 3. The smallest absolute Gasteiger partial charge is 0.230 e. The molecular weight excluding hydrogens is 320 g/mol. The van der Waals surface area contributed by atoms with E-state index in [0.29, 0.717) is 12.3 Å². The number of hydrogen-bond donors (Lipinski definition) is 1. The second-order valence-corrected chi connectivity index (χ2v) is 6.20. The molecule has 0 fully saturated rings. The van der Waals surface area contributed by atoms with Gasteiger partial charge in [0.25, 0.3) is 0 Å². The third-order valence-corrected chi connectivity index (χ3v) is 4.47. The number of para-hydroxylation sites is 1. The minimum atomic E-state index is -0.0370. The largest absolute Gasteiger partial charge is 0.350 e. The zero-order chi connectivity index (χ0) is 16.8. The normalized spacial score (nSPS) is 10.5. The Hall–Kier alpha value is -2.60. The van der Waals surface area contributed by atoms with Crippen molar-refractivity contribution in [3.05, 3.63) is 72.3 Å². The zero-order valence-corrected chi connectivity index (χ0v) is 14.2. The van der Waals surface area contributed by atoms with Crippen molar-refractivity contribution in [2.24, 2.45) is 0 Å². The molecule has 0 saturated heterocycles. The lowest BCUT2D eigenvalue weighted by molar-refractivity contribution is -0.118. The van der Waals surface area contributed by atoms with E-state index in [1.807, 2.05) is 47.2 Å². The van der Waals surface area contributed by atoms with Crippen molar-refractivity contribution in [1.82, 2.24) is 19.9 Å². The predicted molar refractivity (Wildman–Crippen MR) is 95.1 cm³/mol. The number of hydrogen-bond acceptors (Lipinski definition) is 4. The first kappa shape index (κ1) is 16.3. The third-order valence-electron chi connectivity index (χ3n) is 3.51. The summed E-state index contributed by atoms with van der Waals surface area (Å²) < 4.78 is 2.01. The minimum Gasteiger partial charge on any atom is -0.350 e. The highest BCUT2D eigenvalue weighted by Gasteiger charge is 2.10. The number of imidazole rings is 1. The van der Waals surface area contributed by atoms with E-state index in [4.69, 9.17) is 0 Å². The molecule has 0 aliphatic rings. The molecule has 24 heavy (non-hydrogen) atoms. The van der Waals surface area contributed by atoms with Crippen LogP contribution in [0, 0.1) is 6.92 Å². The number of thioether (sulfide) groups is 1. The van der Waals surface area contributed by atoms with Crippen LogP contribution in [-0.2, 0) is 11.3 Å². The Morgan fingerprint density at radius 2 is 1.96 bits per heavy atom. The van der Waals surface area contributed by atoms with Crippen LogP contribution in [0.25, 0.3) is 5.69 Å². The number of aryl methyl sites for hydroxylation is 1. The quantitative estimate of drug-likeness (QED) is 0.702. The van der Waals surface area contributed by atoms with Crippen molar-refractivity contribution in [3.8, 4) is 5.69 Å². The molecule has 0 aliphatic heterocycles. The number of benzene rings is 1. The number of pyridine rings is 1. The highest BCUT2D eigenvalue weighted by Crippen LogP contribution is 2.22. The number of nitrogens with one attached hydrogen (secondary N) is 1. The first-order valence-electron chi connectivity index (χ1n) is 7.63. The fourth-order valence-corrected chi connectivity index (χ4v) is 3.08. The number of amides is 1. The molecule has 3 aromatic rings. The summed E-state index contributed by atoms with van der Waals surface area (Å²) in [7, 11) is 0. The second kappa shape index (κ2) is 7.79. The summed E-state index contributed by atoms with van der Waals surface area (Å²) in [6, 6.07) is 13.8. The van der Waals surface area contributed by atoms with Gasteiger partial charge in [-0.15, -0.1) is 0 Å². The summed E-state index contributed by atoms with van der Waals surface area (Å²) in [6.07, 6.45) is 5.38. The molecule has 2 aromatic heterocycles. The van der Waals surface area contributed by atoms with E-state index in [1.165, 1.54) is 11.8 Å². The molecule has 0 atom stereocenters. The molecule has 0 saturated carbocycles. The van der Waals surface area contributed by atoms with Crippen molar-refractivity contribution in [3.63, 3.8) is 0 Å². The Labute approximate surface area is 145 Å². The molecule has 1 aromatic carbocycles. The Bertz CT molecular complexity index is 817. The predicted octanol–water partition coefficient (Wildman–Crippen LogP) is 2.98. The first-order valence-corrected chi connectivity index (χ1v) is 8.61. The van der Waals surface area contributed by atoms with Gasteiger partial charge in [-0.25, -0.2) is 4.98 Å². The minimum absolute atomic E-state index is 0.0370. The van der Waals surface area contributed by atoms with Gasteiger partial charge in [0.1, 0.15) is 0 Å². The molecule has 3 rings (SSSR count). The van der Waals surface area contributed by atoms with Gasteiger partial charge in [0.05, 0.1) is 23.7 Å². The molecule has 0 radical (unpaired) electrons. The van der Waals surface area contributed by atoms with Crippen LogP contribution in [0.3, 0.4) is 0 Å². The molecule has 0 spiro atoms. The molecule has 6 heteroatoms. The summed E-state index contributed by atoms with van der Waals surface area (Å²) in [5.41, 5.74) is 3.08. The lowest BCUT2D eigenvalue weighted by Crippen LogP contribution is -2.25. The molecule has 0 bridgehead atoms. The lowest BCUT2D eigenvalue weighted by Gasteiger charge is -2.10. The molecule has 1 N–H and O–H groups in total. The Kier molecular flexibility index (Phi) is 5.28. The summed E-state index contributed by atoms with van der Waals surface area (Å²) in [4.78, 5) is 20.6. The maximum Gasteiger partial charge on any atom is 0.230 e. The number of rotatable bonds is 6. The van der Waals surface area contributed by atoms with Gasteiger partial charge in [0.2, 0.25) is 5.91 Å². The van der Waals surface area contributed by atoms with Crippen LogP contribution in [0.5, 0.6) is 0 Å². The Balaban J connectivity index is 1.59. The van der Waals surface area contributed by atoms with Crippen LogP contribution in [0.15, 0.2) is 66.2 Å². The molecule has 122 valence electrons. The average molecular weight is 338 g/mol. The fourth-order valence-electron chi connectivity index (χ4n) is 2.29. The standard InChI is InChI=1S/C18H18N4OS/c1-14-6-2-3-8-16(14)22-11-10-20-18(22)24-13-17(23)21-12-15-7-4-5-9-19-15/h2-11H,12-13H2,1H3,(H,21,23). The van der Waals surface area contributed by atoms with Crippen molar-refractivity contribution >= 4 is 17.7 Å². The van der Waals surface area contributed by atoms with Crippen LogP contribution in [0.2, 0.25) is 0 Å². The monoisotopic (exact) mass is 338 g/mol. The Morgan fingerprint density at radius 3 is 2.75 bits per heavy atom. The first-order chi connectivity index (χ1) is 11.7. The van der Waals surface area contributed by atoms with Crippen LogP contribution < -0.4 is 5.32 Å². The number of nitrogens with zero attached hydrogens (tertiary/aromatic N) is 3. The highest BCUT2D eigenvalue weighted by atomic mass is 32.2. The lowest BCUT2D eigenvalue weighted by atomic mass is 10.2. The van der Waals surface area contributed by atoms with Crippen molar-refractivity contribution in [2.45, 2.75) is 18.6 Å². The summed E-state index contributed by atoms with van der Waals surface area (Å²) >= 11 is 1.42. The summed E-state index contributed by atoms with van der Waals surface area (Å²) in [6.45, 7) is 2.50. The van der Waals surface area contributed by atoms with E-state index >= 15 is 0 Å². The highest BCUT2D eigenvalue weighted by molar-refractivity contribution is 7.99. The number of carbonyl (C=O) groups is 1. The van der Waals surface area contributed by atoms with Gasteiger partial charge in [-0.1, -0.05) is 36.0 Å². The molecule has 5 nitrogen and oxygen atoms in total. The molecule has 0 unspecified atom stereocenters. The van der Waals surface area contributed by atoms with Crippen LogP contribution in [0.4, 0.5) is 0 Å². The molecular formula is C18H18N4OS. The van der Waals surface area contributed by atoms with Crippen LogP contribution in [-0.4, -0.2) is 26.2 Å². The van der Waals surface area contributed by atoms with Crippen LogP contribution in [0.1, 0.15) is 11.3 Å². The van der Waals surface area contributed by atoms with Gasteiger partial charge in [-0.05, 0) is 30.7 Å². The average Bonchev–Trinajstić information content (AvgIpc) is 3.08. The zero-order valence-electron chi connectivity index (χ0n) is 13.3. The van der Waals surface area contributed by atoms with Crippen LogP contribution >= 0.6 is 11.8 Å². The van der Waals surface area contributed by atoms with Gasteiger partial charge >= 0.3 is 0 Å². The Morgan fingerprint density at radius 1 is 1.12 bits per heavy atom. The maximum atomic E-state index is 12.0. The summed E-state index contributed by atoms with van der Waals surface area (Å²) in [5.74, 6) is 0.278. The summed E-state index contributed by atoms with van der Waals surface area (Å²) in [5, 5.41) is 3.68. The topological polar surface area (TPSA) is 59.8 Å². The van der Waals surface area contributed by atoms with E-state index in [-0.39, 0.29) is 5.91 Å². The van der Waals surface area contributed by atoms with Crippen molar-refractivity contribution < 1.29 is 4.79 Å².